The number of carbonyl (C=O) groups is 1. The summed E-state index contributed by atoms with van der Waals surface area (Å²) in [5.74, 6) is -0.711. The van der Waals surface area contributed by atoms with Crippen LogP contribution in [0.15, 0.2) is 12.1 Å². The van der Waals surface area contributed by atoms with E-state index in [1.807, 2.05) is 0 Å². The lowest BCUT2D eigenvalue weighted by Crippen LogP contribution is -1.99. The number of fused-ring (bicyclic) bond motifs is 1. The average molecular weight is 254 g/mol. The third kappa shape index (κ3) is 3.12. The van der Waals surface area contributed by atoms with Crippen molar-refractivity contribution in [2.45, 2.75) is 25.7 Å². The van der Waals surface area contributed by atoms with Crippen LogP contribution in [-0.2, 0) is 11.2 Å². The highest BCUT2D eigenvalue weighted by molar-refractivity contribution is 5.66. The quantitative estimate of drug-likeness (QED) is 0.896. The van der Waals surface area contributed by atoms with Crippen LogP contribution < -0.4 is 9.47 Å². The number of hydrogen-bond donors (Lipinski definition) is 1. The molecule has 1 aliphatic heterocycles. The van der Waals surface area contributed by atoms with Gasteiger partial charge >= 0.3 is 5.97 Å². The van der Waals surface area contributed by atoms with Gasteiger partial charge < -0.3 is 14.6 Å². The monoisotopic (exact) mass is 254 g/mol. The summed E-state index contributed by atoms with van der Waals surface area (Å²) < 4.78 is 24.5. The van der Waals surface area contributed by atoms with Gasteiger partial charge in [0.1, 0.15) is 0 Å². The lowest BCUT2D eigenvalue weighted by Gasteiger charge is -2.10. The largest absolute Gasteiger partial charge is 0.489 e. The third-order valence-electron chi connectivity index (χ3n) is 2.72. The maximum atomic E-state index is 13.8. The Morgan fingerprint density at radius 1 is 1.33 bits per heavy atom. The van der Waals surface area contributed by atoms with E-state index >= 15 is 0 Å². The number of rotatable bonds is 4. The predicted molar refractivity (Wildman–Crippen MR) is 62.6 cm³/mol. The van der Waals surface area contributed by atoms with Gasteiger partial charge in [0, 0.05) is 12.8 Å². The van der Waals surface area contributed by atoms with Crippen molar-refractivity contribution < 1.29 is 23.8 Å². The number of carboxylic acid groups (broad SMARTS) is 1. The maximum Gasteiger partial charge on any atom is 0.303 e. The molecule has 2 rings (SSSR count). The fourth-order valence-corrected chi connectivity index (χ4v) is 1.87. The molecule has 0 fully saturated rings. The molecule has 0 atom stereocenters. The molecule has 0 amide bonds. The highest BCUT2D eigenvalue weighted by Gasteiger charge is 2.16. The molecule has 0 radical (unpaired) electrons. The molecule has 5 heteroatoms. The summed E-state index contributed by atoms with van der Waals surface area (Å²) in [6.07, 6.45) is 1.80. The molecule has 1 aromatic carbocycles. The molecule has 1 N–H and O–H groups in total. The number of halogens is 1. The molecule has 4 nitrogen and oxygen atoms in total. The molecule has 0 aliphatic carbocycles. The van der Waals surface area contributed by atoms with Gasteiger partial charge in [0.05, 0.1) is 13.2 Å². The van der Waals surface area contributed by atoms with Gasteiger partial charge in [-0.15, -0.1) is 0 Å². The van der Waals surface area contributed by atoms with E-state index in [0.717, 1.165) is 12.0 Å². The van der Waals surface area contributed by atoms with Crippen molar-refractivity contribution in [2.75, 3.05) is 13.2 Å². The van der Waals surface area contributed by atoms with Gasteiger partial charge in [-0.3, -0.25) is 4.79 Å². The summed E-state index contributed by atoms with van der Waals surface area (Å²) in [7, 11) is 0. The average Bonchev–Trinajstić information content (AvgIpc) is 2.54. The Kier molecular flexibility index (Phi) is 4.02. The minimum absolute atomic E-state index is 0.0794. The van der Waals surface area contributed by atoms with Crippen molar-refractivity contribution in [2.24, 2.45) is 0 Å². The first-order valence-corrected chi connectivity index (χ1v) is 5.96. The summed E-state index contributed by atoms with van der Waals surface area (Å²) in [4.78, 5) is 10.4. The Hall–Kier alpha value is -1.78. The van der Waals surface area contributed by atoms with Gasteiger partial charge in [-0.25, -0.2) is 4.39 Å². The number of aryl methyl sites for hydroxylation is 1. The van der Waals surface area contributed by atoms with Gasteiger partial charge in [-0.05, 0) is 30.5 Å². The Morgan fingerprint density at radius 3 is 2.89 bits per heavy atom. The lowest BCUT2D eigenvalue weighted by atomic mass is 10.1. The lowest BCUT2D eigenvalue weighted by molar-refractivity contribution is -0.137. The van der Waals surface area contributed by atoms with Crippen LogP contribution in [-0.4, -0.2) is 24.3 Å². The molecular formula is C13H15FO4. The van der Waals surface area contributed by atoms with Crippen molar-refractivity contribution >= 4 is 5.97 Å². The highest BCUT2D eigenvalue weighted by atomic mass is 19.1. The van der Waals surface area contributed by atoms with Gasteiger partial charge in [0.2, 0.25) is 0 Å². The zero-order valence-corrected chi connectivity index (χ0v) is 9.95. The molecule has 18 heavy (non-hydrogen) atoms. The van der Waals surface area contributed by atoms with Gasteiger partial charge in [-0.1, -0.05) is 0 Å². The Labute approximate surface area is 104 Å². The number of benzene rings is 1. The first-order chi connectivity index (χ1) is 8.66. The van der Waals surface area contributed by atoms with Gasteiger partial charge in [0.25, 0.3) is 0 Å². The highest BCUT2D eigenvalue weighted by Crippen LogP contribution is 2.34. The first-order valence-electron chi connectivity index (χ1n) is 5.96. The van der Waals surface area contributed by atoms with Crippen LogP contribution in [0.25, 0.3) is 0 Å². The molecule has 1 aliphatic rings. The fourth-order valence-electron chi connectivity index (χ4n) is 1.87. The molecule has 0 unspecified atom stereocenters. The van der Waals surface area contributed by atoms with Crippen LogP contribution in [0.5, 0.6) is 11.5 Å². The van der Waals surface area contributed by atoms with Crippen molar-refractivity contribution in [3.8, 4) is 11.5 Å². The van der Waals surface area contributed by atoms with E-state index < -0.39 is 11.8 Å². The van der Waals surface area contributed by atoms with Gasteiger partial charge in [-0.2, -0.15) is 0 Å². The van der Waals surface area contributed by atoms with E-state index in [-0.39, 0.29) is 12.2 Å². The number of carboxylic acids is 1. The Bertz CT molecular complexity index is 445. The zero-order valence-electron chi connectivity index (χ0n) is 9.95. The Morgan fingerprint density at radius 2 is 2.11 bits per heavy atom. The van der Waals surface area contributed by atoms with Crippen molar-refractivity contribution in [3.63, 3.8) is 0 Å². The fraction of sp³-hybridized carbons (Fsp3) is 0.462. The van der Waals surface area contributed by atoms with Crippen LogP contribution >= 0.6 is 0 Å². The van der Waals surface area contributed by atoms with Crippen LogP contribution in [0.4, 0.5) is 4.39 Å². The second-order valence-electron chi connectivity index (χ2n) is 4.20. The summed E-state index contributed by atoms with van der Waals surface area (Å²) in [6.45, 7) is 0.952. The van der Waals surface area contributed by atoms with E-state index in [0.29, 0.717) is 31.8 Å². The molecule has 1 aromatic rings. The van der Waals surface area contributed by atoms with Crippen LogP contribution in [0.2, 0.25) is 0 Å². The number of aliphatic carboxylic acids is 1. The van der Waals surface area contributed by atoms with E-state index in [1.54, 1.807) is 6.07 Å². The SMILES string of the molecule is O=C(O)CCCc1cc(F)c2c(c1)OCCCO2. The molecule has 0 spiro atoms. The minimum atomic E-state index is -0.843. The topological polar surface area (TPSA) is 55.8 Å². The van der Waals surface area contributed by atoms with E-state index in [9.17, 15) is 9.18 Å². The zero-order chi connectivity index (χ0) is 13.0. The smallest absolute Gasteiger partial charge is 0.303 e. The van der Waals surface area contributed by atoms with Crippen molar-refractivity contribution in [3.05, 3.63) is 23.5 Å². The van der Waals surface area contributed by atoms with Gasteiger partial charge in [0.15, 0.2) is 17.3 Å². The van der Waals surface area contributed by atoms with Crippen LogP contribution in [0.1, 0.15) is 24.8 Å². The van der Waals surface area contributed by atoms with Crippen molar-refractivity contribution in [1.29, 1.82) is 0 Å². The minimum Gasteiger partial charge on any atom is -0.489 e. The molecule has 0 bridgehead atoms. The standard InChI is InChI=1S/C13H15FO4/c14-10-7-9(3-1-4-12(15)16)8-11-13(10)18-6-2-5-17-11/h7-8H,1-6H2,(H,15,16). The van der Waals surface area contributed by atoms with Crippen LogP contribution in [0, 0.1) is 5.82 Å². The number of hydrogen-bond acceptors (Lipinski definition) is 3. The summed E-state index contributed by atoms with van der Waals surface area (Å²) in [6, 6.07) is 3.11. The number of ether oxygens (including phenoxy) is 2. The summed E-state index contributed by atoms with van der Waals surface area (Å²) >= 11 is 0. The van der Waals surface area contributed by atoms with E-state index in [1.165, 1.54) is 6.07 Å². The molecule has 0 aromatic heterocycles. The third-order valence-corrected chi connectivity index (χ3v) is 2.72. The van der Waals surface area contributed by atoms with Crippen molar-refractivity contribution in [1.82, 2.24) is 0 Å². The van der Waals surface area contributed by atoms with Crippen LogP contribution in [0.3, 0.4) is 0 Å². The summed E-state index contributed by atoms with van der Waals surface area (Å²) in [5.41, 5.74) is 0.734. The predicted octanol–water partition coefficient (Wildman–Crippen LogP) is 2.39. The normalized spacial score (nSPS) is 14.1. The Balaban J connectivity index is 2.10. The van der Waals surface area contributed by atoms with E-state index in [2.05, 4.69) is 0 Å². The first kappa shape index (κ1) is 12.7. The second kappa shape index (κ2) is 5.71. The molecular weight excluding hydrogens is 239 g/mol. The second-order valence-corrected chi connectivity index (χ2v) is 4.20. The maximum absolute atomic E-state index is 13.8. The molecule has 98 valence electrons. The van der Waals surface area contributed by atoms with E-state index in [4.69, 9.17) is 14.6 Å². The molecule has 0 saturated heterocycles. The summed E-state index contributed by atoms with van der Waals surface area (Å²) in [5, 5.41) is 8.56. The molecule has 1 heterocycles. The molecule has 0 saturated carbocycles.